The first-order chi connectivity index (χ1) is 11.3. The number of hydrogen-bond acceptors (Lipinski definition) is 4. The molecular weight excluding hydrogens is 336 g/mol. The Bertz CT molecular complexity index is 609. The van der Waals surface area contributed by atoms with E-state index >= 15 is 0 Å². The highest BCUT2D eigenvalue weighted by Crippen LogP contribution is 2.27. The number of methoxy groups -OCH3 is 1. The highest BCUT2D eigenvalue weighted by Gasteiger charge is 2.16. The summed E-state index contributed by atoms with van der Waals surface area (Å²) in [6, 6.07) is 4.90. The fraction of sp³-hybridized carbons (Fsp3) is 0.400. The SMILES string of the molecule is CNC(=O)CNC(=O)C[NH+](C)CC(=O)Nc1cc(Cl)ccc1OC. The smallest absolute Gasteiger partial charge is 0.279 e. The Balaban J connectivity index is 2.48. The first-order valence-electron chi connectivity index (χ1n) is 7.27. The molecule has 1 atom stereocenters. The number of carbonyl (C=O) groups excluding carboxylic acids is 3. The number of amides is 3. The van der Waals surface area contributed by atoms with E-state index in [0.29, 0.717) is 21.4 Å². The first-order valence-corrected chi connectivity index (χ1v) is 7.65. The largest absolute Gasteiger partial charge is 0.495 e. The molecule has 132 valence electrons. The topological polar surface area (TPSA) is 101 Å². The van der Waals surface area contributed by atoms with Crippen molar-refractivity contribution in [1.29, 1.82) is 0 Å². The summed E-state index contributed by atoms with van der Waals surface area (Å²) in [7, 11) is 4.68. The predicted molar refractivity (Wildman–Crippen MR) is 90.3 cm³/mol. The molecule has 0 aliphatic heterocycles. The monoisotopic (exact) mass is 357 g/mol. The average Bonchev–Trinajstić information content (AvgIpc) is 2.52. The number of quaternary nitrogens is 1. The molecule has 0 saturated heterocycles. The second-order valence-electron chi connectivity index (χ2n) is 5.15. The predicted octanol–water partition coefficient (Wildman–Crippen LogP) is -1.34. The highest BCUT2D eigenvalue weighted by atomic mass is 35.5. The van der Waals surface area contributed by atoms with Crippen LogP contribution in [0.1, 0.15) is 0 Å². The number of benzene rings is 1. The third-order valence-corrected chi connectivity index (χ3v) is 3.32. The maximum Gasteiger partial charge on any atom is 0.279 e. The van der Waals surface area contributed by atoms with Crippen LogP contribution in [0.5, 0.6) is 5.75 Å². The van der Waals surface area contributed by atoms with Gasteiger partial charge in [0.15, 0.2) is 13.1 Å². The Hall–Kier alpha value is -2.32. The molecule has 0 spiro atoms. The molecule has 0 bridgehead atoms. The second kappa shape index (κ2) is 9.74. The fourth-order valence-electron chi connectivity index (χ4n) is 1.91. The molecule has 1 unspecified atom stereocenters. The molecular formula is C15H22ClN4O4+. The molecule has 0 radical (unpaired) electrons. The maximum atomic E-state index is 12.1. The van der Waals surface area contributed by atoms with Gasteiger partial charge in [-0.15, -0.1) is 0 Å². The number of likely N-dealkylation sites (N-methyl/N-ethyl adjacent to an activating group) is 2. The zero-order valence-corrected chi connectivity index (χ0v) is 14.6. The lowest BCUT2D eigenvalue weighted by Crippen LogP contribution is -3.11. The van der Waals surface area contributed by atoms with Crippen LogP contribution in [-0.2, 0) is 14.4 Å². The summed E-state index contributed by atoms with van der Waals surface area (Å²) in [5.41, 5.74) is 0.465. The molecule has 1 rings (SSSR count). The third-order valence-electron chi connectivity index (χ3n) is 3.09. The van der Waals surface area contributed by atoms with Gasteiger partial charge in [0, 0.05) is 12.1 Å². The van der Waals surface area contributed by atoms with E-state index in [2.05, 4.69) is 16.0 Å². The van der Waals surface area contributed by atoms with E-state index in [4.69, 9.17) is 16.3 Å². The number of halogens is 1. The summed E-state index contributed by atoms with van der Waals surface area (Å²) in [6.45, 7) is 0.0503. The van der Waals surface area contributed by atoms with E-state index in [-0.39, 0.29) is 37.4 Å². The Morgan fingerprint density at radius 2 is 1.83 bits per heavy atom. The Morgan fingerprint density at radius 3 is 2.46 bits per heavy atom. The van der Waals surface area contributed by atoms with Gasteiger partial charge in [0.1, 0.15) is 5.75 Å². The summed E-state index contributed by atoms with van der Waals surface area (Å²) in [5, 5.41) is 8.05. The molecule has 1 aromatic rings. The van der Waals surface area contributed by atoms with Crippen LogP contribution < -0.4 is 25.6 Å². The molecule has 8 nitrogen and oxygen atoms in total. The standard InChI is InChI=1S/C15H21ClN4O4/c1-17-13(21)7-18-14(22)8-20(2)9-15(23)19-11-6-10(16)4-5-12(11)24-3/h4-6H,7-9H2,1-3H3,(H,17,21)(H,18,22)(H,19,23)/p+1. The van der Waals surface area contributed by atoms with Gasteiger partial charge in [-0.1, -0.05) is 11.6 Å². The van der Waals surface area contributed by atoms with Crippen molar-refractivity contribution in [2.75, 3.05) is 46.2 Å². The minimum atomic E-state index is -0.316. The minimum Gasteiger partial charge on any atom is -0.495 e. The van der Waals surface area contributed by atoms with Crippen LogP contribution in [0, 0.1) is 0 Å². The Labute approximate surface area is 145 Å². The highest BCUT2D eigenvalue weighted by molar-refractivity contribution is 6.31. The molecule has 0 saturated carbocycles. The van der Waals surface area contributed by atoms with Gasteiger partial charge in [-0.25, -0.2) is 0 Å². The van der Waals surface area contributed by atoms with Crippen LogP contribution in [0.2, 0.25) is 5.02 Å². The number of nitrogens with one attached hydrogen (secondary N) is 4. The van der Waals surface area contributed by atoms with Gasteiger partial charge >= 0.3 is 0 Å². The zero-order chi connectivity index (χ0) is 18.1. The van der Waals surface area contributed by atoms with Crippen LogP contribution in [0.3, 0.4) is 0 Å². The van der Waals surface area contributed by atoms with E-state index in [1.807, 2.05) is 0 Å². The number of hydrogen-bond donors (Lipinski definition) is 4. The van der Waals surface area contributed by atoms with Gasteiger partial charge in [0.2, 0.25) is 5.91 Å². The summed E-state index contributed by atoms with van der Waals surface area (Å²) < 4.78 is 5.15. The fourth-order valence-corrected chi connectivity index (χ4v) is 2.08. The van der Waals surface area contributed by atoms with Gasteiger partial charge in [-0.3, -0.25) is 14.4 Å². The van der Waals surface area contributed by atoms with Crippen molar-refractivity contribution >= 4 is 35.0 Å². The normalized spacial score (nSPS) is 11.3. The van der Waals surface area contributed by atoms with Crippen molar-refractivity contribution in [3.8, 4) is 5.75 Å². The van der Waals surface area contributed by atoms with E-state index in [0.717, 1.165) is 0 Å². The summed E-state index contributed by atoms with van der Waals surface area (Å²) in [6.07, 6.45) is 0. The average molecular weight is 358 g/mol. The molecule has 3 amide bonds. The van der Waals surface area contributed by atoms with Gasteiger partial charge in [-0.2, -0.15) is 0 Å². The van der Waals surface area contributed by atoms with Crippen molar-refractivity contribution in [3.63, 3.8) is 0 Å². The number of anilines is 1. The molecule has 0 aliphatic rings. The number of ether oxygens (including phenoxy) is 1. The second-order valence-corrected chi connectivity index (χ2v) is 5.59. The summed E-state index contributed by atoms with van der Waals surface area (Å²) in [5.74, 6) is -0.392. The summed E-state index contributed by atoms with van der Waals surface area (Å²) >= 11 is 5.91. The van der Waals surface area contributed by atoms with E-state index in [1.54, 1.807) is 25.2 Å². The quantitative estimate of drug-likeness (QED) is 0.463. The Morgan fingerprint density at radius 1 is 1.17 bits per heavy atom. The molecule has 1 aromatic carbocycles. The van der Waals surface area contributed by atoms with Gasteiger partial charge in [0.05, 0.1) is 26.4 Å². The number of rotatable bonds is 8. The van der Waals surface area contributed by atoms with Crippen LogP contribution in [0.4, 0.5) is 5.69 Å². The Kier molecular flexibility index (Phi) is 8.00. The van der Waals surface area contributed by atoms with Crippen molar-refractivity contribution < 1.29 is 24.0 Å². The molecule has 4 N–H and O–H groups in total. The van der Waals surface area contributed by atoms with Gasteiger partial charge in [0.25, 0.3) is 11.8 Å². The molecule has 9 heteroatoms. The minimum absolute atomic E-state index is 0.0666. The third kappa shape index (κ3) is 6.84. The number of carbonyl (C=O) groups is 3. The molecule has 0 fully saturated rings. The van der Waals surface area contributed by atoms with Crippen molar-refractivity contribution in [1.82, 2.24) is 10.6 Å². The molecule has 0 heterocycles. The molecule has 0 aromatic heterocycles. The van der Waals surface area contributed by atoms with E-state index < -0.39 is 0 Å². The zero-order valence-electron chi connectivity index (χ0n) is 13.9. The lowest BCUT2D eigenvalue weighted by atomic mass is 10.3. The molecule has 24 heavy (non-hydrogen) atoms. The van der Waals surface area contributed by atoms with Crippen molar-refractivity contribution in [3.05, 3.63) is 23.2 Å². The van der Waals surface area contributed by atoms with Crippen molar-refractivity contribution in [2.24, 2.45) is 0 Å². The summed E-state index contributed by atoms with van der Waals surface area (Å²) in [4.78, 5) is 35.5. The van der Waals surface area contributed by atoms with Crippen LogP contribution in [0.25, 0.3) is 0 Å². The maximum absolute atomic E-state index is 12.1. The van der Waals surface area contributed by atoms with Crippen LogP contribution in [-0.4, -0.2) is 58.6 Å². The van der Waals surface area contributed by atoms with Crippen LogP contribution >= 0.6 is 11.6 Å². The van der Waals surface area contributed by atoms with Gasteiger partial charge in [-0.05, 0) is 18.2 Å². The van der Waals surface area contributed by atoms with Gasteiger partial charge < -0.3 is 25.6 Å². The van der Waals surface area contributed by atoms with Crippen molar-refractivity contribution in [2.45, 2.75) is 0 Å². The first kappa shape index (κ1) is 19.7. The lowest BCUT2D eigenvalue weighted by molar-refractivity contribution is -0.862. The van der Waals surface area contributed by atoms with Crippen LogP contribution in [0.15, 0.2) is 18.2 Å². The lowest BCUT2D eigenvalue weighted by Gasteiger charge is -2.15. The van der Waals surface area contributed by atoms with E-state index in [1.165, 1.54) is 14.2 Å². The molecule has 0 aliphatic carbocycles. The van der Waals surface area contributed by atoms with E-state index in [9.17, 15) is 14.4 Å².